The summed E-state index contributed by atoms with van der Waals surface area (Å²) in [6, 6.07) is 5.01. The number of aromatic hydroxyl groups is 1. The smallest absolute Gasteiger partial charge is 0.410 e. The molecule has 6 heteroatoms. The van der Waals surface area contributed by atoms with Crippen molar-refractivity contribution >= 4 is 12.0 Å². The Labute approximate surface area is 142 Å². The van der Waals surface area contributed by atoms with Crippen LogP contribution in [0.4, 0.5) is 4.79 Å². The summed E-state index contributed by atoms with van der Waals surface area (Å²) in [6.45, 7) is 6.74. The number of nitrogens with one attached hydrogen (secondary N) is 1. The highest BCUT2D eigenvalue weighted by molar-refractivity contribution is 5.94. The molecule has 0 atom stereocenters. The molecule has 1 aromatic carbocycles. The van der Waals surface area contributed by atoms with Gasteiger partial charge in [0.25, 0.3) is 5.91 Å². The van der Waals surface area contributed by atoms with E-state index in [-0.39, 0.29) is 23.7 Å². The highest BCUT2D eigenvalue weighted by atomic mass is 16.6. The van der Waals surface area contributed by atoms with Gasteiger partial charge in [-0.05, 0) is 57.2 Å². The molecule has 1 saturated heterocycles. The highest BCUT2D eigenvalue weighted by Gasteiger charge is 2.28. The van der Waals surface area contributed by atoms with Crippen LogP contribution in [0.2, 0.25) is 0 Å². The van der Waals surface area contributed by atoms with Gasteiger partial charge in [-0.1, -0.05) is 6.07 Å². The van der Waals surface area contributed by atoms with Gasteiger partial charge >= 0.3 is 6.09 Å². The quantitative estimate of drug-likeness (QED) is 0.872. The standard InChI is InChI=1S/C18H26N2O4/c1-18(2,3)24-17(23)20-9-7-12(8-10-20)14-6-5-13(11-15(14)21)16(22)19-4/h5-6,11-12,21H,7-10H2,1-4H3,(H,19,22). The number of phenolic OH excluding ortho intramolecular Hbond substituents is 1. The van der Waals surface area contributed by atoms with Gasteiger partial charge in [0.1, 0.15) is 11.4 Å². The van der Waals surface area contributed by atoms with Crippen LogP contribution in [-0.4, -0.2) is 47.7 Å². The topological polar surface area (TPSA) is 78.9 Å². The Balaban J connectivity index is 2.00. The van der Waals surface area contributed by atoms with Crippen molar-refractivity contribution in [3.8, 4) is 5.75 Å². The van der Waals surface area contributed by atoms with Crippen molar-refractivity contribution in [1.82, 2.24) is 10.2 Å². The number of piperidine rings is 1. The van der Waals surface area contributed by atoms with E-state index in [1.165, 1.54) is 6.07 Å². The van der Waals surface area contributed by atoms with E-state index in [0.717, 1.165) is 18.4 Å². The number of likely N-dealkylation sites (tertiary alicyclic amines) is 1. The molecule has 2 amide bonds. The van der Waals surface area contributed by atoms with Crippen LogP contribution in [0.5, 0.6) is 5.75 Å². The Hall–Kier alpha value is -2.24. The molecule has 0 radical (unpaired) electrons. The van der Waals surface area contributed by atoms with Gasteiger partial charge in [0.15, 0.2) is 0 Å². The lowest BCUT2D eigenvalue weighted by Gasteiger charge is -2.33. The van der Waals surface area contributed by atoms with E-state index in [9.17, 15) is 14.7 Å². The summed E-state index contributed by atoms with van der Waals surface area (Å²) in [5.74, 6) is 0.0748. The number of nitrogens with zero attached hydrogens (tertiary/aromatic N) is 1. The summed E-state index contributed by atoms with van der Waals surface area (Å²) in [7, 11) is 1.56. The molecule has 2 N–H and O–H groups in total. The molecule has 1 aliphatic heterocycles. The van der Waals surface area contributed by atoms with E-state index in [0.29, 0.717) is 18.7 Å². The average Bonchev–Trinajstić information content (AvgIpc) is 2.52. The number of amides is 2. The second-order valence-electron chi connectivity index (χ2n) is 7.09. The third kappa shape index (κ3) is 4.40. The molecule has 1 heterocycles. The first kappa shape index (κ1) is 18.1. The van der Waals surface area contributed by atoms with Crippen molar-refractivity contribution in [2.45, 2.75) is 45.1 Å². The molecule has 1 aromatic rings. The minimum absolute atomic E-state index is 0.131. The molecule has 0 spiro atoms. The molecule has 6 nitrogen and oxygen atoms in total. The van der Waals surface area contributed by atoms with Gasteiger partial charge in [-0.15, -0.1) is 0 Å². The fourth-order valence-electron chi connectivity index (χ4n) is 2.87. The molecule has 2 rings (SSSR count). The molecule has 0 bridgehead atoms. The van der Waals surface area contributed by atoms with Crippen LogP contribution in [0.25, 0.3) is 0 Å². The number of carbonyl (C=O) groups excluding carboxylic acids is 2. The predicted octanol–water partition coefficient (Wildman–Crippen LogP) is 2.87. The molecule has 1 fully saturated rings. The van der Waals surface area contributed by atoms with Gasteiger partial charge in [-0.25, -0.2) is 4.79 Å². The number of hydrogen-bond donors (Lipinski definition) is 2. The fraction of sp³-hybridized carbons (Fsp3) is 0.556. The van der Waals surface area contributed by atoms with E-state index < -0.39 is 5.60 Å². The summed E-state index contributed by atoms with van der Waals surface area (Å²) in [6.07, 6.45) is 1.22. The highest BCUT2D eigenvalue weighted by Crippen LogP contribution is 2.34. The Morgan fingerprint density at radius 2 is 1.88 bits per heavy atom. The summed E-state index contributed by atoms with van der Waals surface area (Å²) in [5, 5.41) is 12.8. The van der Waals surface area contributed by atoms with Crippen LogP contribution in [0.1, 0.15) is 55.5 Å². The molecule has 1 aliphatic rings. The van der Waals surface area contributed by atoms with Gasteiger partial charge < -0.3 is 20.1 Å². The third-order valence-electron chi connectivity index (χ3n) is 4.11. The first-order chi connectivity index (χ1) is 11.2. The lowest BCUT2D eigenvalue weighted by atomic mass is 9.88. The predicted molar refractivity (Wildman–Crippen MR) is 91.3 cm³/mol. The van der Waals surface area contributed by atoms with Crippen LogP contribution in [-0.2, 0) is 4.74 Å². The molecule has 24 heavy (non-hydrogen) atoms. The lowest BCUT2D eigenvalue weighted by molar-refractivity contribution is 0.0204. The van der Waals surface area contributed by atoms with Gasteiger partial charge in [0.2, 0.25) is 0 Å². The van der Waals surface area contributed by atoms with Crippen molar-refractivity contribution < 1.29 is 19.4 Å². The van der Waals surface area contributed by atoms with Crippen molar-refractivity contribution in [3.63, 3.8) is 0 Å². The lowest BCUT2D eigenvalue weighted by Crippen LogP contribution is -2.41. The average molecular weight is 334 g/mol. The zero-order valence-electron chi connectivity index (χ0n) is 14.8. The van der Waals surface area contributed by atoms with Crippen LogP contribution in [0.3, 0.4) is 0 Å². The van der Waals surface area contributed by atoms with E-state index >= 15 is 0 Å². The number of benzene rings is 1. The van der Waals surface area contributed by atoms with Crippen molar-refractivity contribution in [2.24, 2.45) is 0 Å². The number of ether oxygens (including phenoxy) is 1. The van der Waals surface area contributed by atoms with Gasteiger partial charge in [0.05, 0.1) is 0 Å². The second-order valence-corrected chi connectivity index (χ2v) is 7.09. The maximum absolute atomic E-state index is 12.1. The molecule has 0 aromatic heterocycles. The fourth-order valence-corrected chi connectivity index (χ4v) is 2.87. The molecule has 0 saturated carbocycles. The Kier molecular flexibility index (Phi) is 5.36. The maximum atomic E-state index is 12.1. The van der Waals surface area contributed by atoms with E-state index in [2.05, 4.69) is 5.32 Å². The largest absolute Gasteiger partial charge is 0.508 e. The molecular weight excluding hydrogens is 308 g/mol. The number of phenols is 1. The first-order valence-corrected chi connectivity index (χ1v) is 8.24. The van der Waals surface area contributed by atoms with Crippen molar-refractivity contribution in [3.05, 3.63) is 29.3 Å². The third-order valence-corrected chi connectivity index (χ3v) is 4.11. The minimum Gasteiger partial charge on any atom is -0.508 e. The monoisotopic (exact) mass is 334 g/mol. The Morgan fingerprint density at radius 1 is 1.25 bits per heavy atom. The SMILES string of the molecule is CNC(=O)c1ccc(C2CCN(C(=O)OC(C)(C)C)CC2)c(O)c1. The van der Waals surface area contributed by atoms with E-state index in [1.807, 2.05) is 20.8 Å². The minimum atomic E-state index is -0.498. The molecule has 132 valence electrons. The normalized spacial score (nSPS) is 15.9. The van der Waals surface area contributed by atoms with Gasteiger partial charge in [-0.3, -0.25) is 4.79 Å². The second kappa shape index (κ2) is 7.11. The summed E-state index contributed by atoms with van der Waals surface area (Å²) < 4.78 is 5.39. The van der Waals surface area contributed by atoms with Gasteiger partial charge in [0, 0.05) is 25.7 Å². The van der Waals surface area contributed by atoms with Crippen molar-refractivity contribution in [2.75, 3.05) is 20.1 Å². The number of carbonyl (C=O) groups is 2. The number of hydrogen-bond acceptors (Lipinski definition) is 4. The van der Waals surface area contributed by atoms with Gasteiger partial charge in [-0.2, -0.15) is 0 Å². The molecule has 0 unspecified atom stereocenters. The zero-order valence-corrected chi connectivity index (χ0v) is 14.8. The van der Waals surface area contributed by atoms with E-state index in [1.54, 1.807) is 24.1 Å². The van der Waals surface area contributed by atoms with Crippen LogP contribution >= 0.6 is 0 Å². The summed E-state index contributed by atoms with van der Waals surface area (Å²) >= 11 is 0. The Bertz CT molecular complexity index is 614. The summed E-state index contributed by atoms with van der Waals surface area (Å²) in [4.78, 5) is 25.4. The molecular formula is C18H26N2O4. The van der Waals surface area contributed by atoms with Crippen molar-refractivity contribution in [1.29, 1.82) is 0 Å². The Morgan fingerprint density at radius 3 is 2.38 bits per heavy atom. The van der Waals surface area contributed by atoms with Crippen LogP contribution in [0.15, 0.2) is 18.2 Å². The maximum Gasteiger partial charge on any atom is 0.410 e. The molecule has 0 aliphatic carbocycles. The number of rotatable bonds is 2. The van der Waals surface area contributed by atoms with E-state index in [4.69, 9.17) is 4.74 Å². The zero-order chi connectivity index (χ0) is 17.9. The van der Waals surface area contributed by atoms with Crippen LogP contribution < -0.4 is 5.32 Å². The first-order valence-electron chi connectivity index (χ1n) is 8.24. The van der Waals surface area contributed by atoms with Crippen LogP contribution in [0, 0.1) is 0 Å². The summed E-state index contributed by atoms with van der Waals surface area (Å²) in [5.41, 5.74) is 0.762.